The first-order valence-electron chi connectivity index (χ1n) is 13.6. The van der Waals surface area contributed by atoms with Crippen LogP contribution in [0.25, 0.3) is 16.6 Å². The van der Waals surface area contributed by atoms with E-state index in [1.807, 2.05) is 83.7 Å². The number of ether oxygens (including phenoxy) is 3. The Morgan fingerprint density at radius 1 is 0.925 bits per heavy atom. The van der Waals surface area contributed by atoms with Crippen LogP contribution in [-0.4, -0.2) is 42.1 Å². The van der Waals surface area contributed by atoms with Crippen molar-refractivity contribution in [2.75, 3.05) is 32.6 Å². The molecule has 0 aliphatic carbocycles. The summed E-state index contributed by atoms with van der Waals surface area (Å²) < 4.78 is 19.0. The van der Waals surface area contributed by atoms with Gasteiger partial charge in [0.2, 0.25) is 0 Å². The number of pyridine rings is 1. The first kappa shape index (κ1) is 25.7. The van der Waals surface area contributed by atoms with E-state index in [9.17, 15) is 0 Å². The van der Waals surface area contributed by atoms with Gasteiger partial charge in [-0.15, -0.1) is 0 Å². The van der Waals surface area contributed by atoms with Crippen LogP contribution in [0.2, 0.25) is 0 Å². The molecule has 1 saturated heterocycles. The lowest BCUT2D eigenvalue weighted by Gasteiger charge is -2.21. The van der Waals surface area contributed by atoms with Gasteiger partial charge in [0.25, 0.3) is 0 Å². The summed E-state index contributed by atoms with van der Waals surface area (Å²) in [5.74, 6) is 4.19. The van der Waals surface area contributed by atoms with Crippen molar-refractivity contribution >= 4 is 16.7 Å². The fourth-order valence-corrected chi connectivity index (χ4v) is 5.25. The average Bonchev–Trinajstić information content (AvgIpc) is 3.42. The molecule has 1 unspecified atom stereocenters. The zero-order chi connectivity index (χ0) is 27.3. The van der Waals surface area contributed by atoms with Crippen molar-refractivity contribution in [3.63, 3.8) is 0 Å². The van der Waals surface area contributed by atoms with Crippen LogP contribution >= 0.6 is 0 Å². The minimum Gasteiger partial charge on any atom is -0.497 e. The van der Waals surface area contributed by atoms with E-state index < -0.39 is 0 Å². The van der Waals surface area contributed by atoms with E-state index in [4.69, 9.17) is 24.3 Å². The van der Waals surface area contributed by atoms with Crippen molar-refractivity contribution in [1.82, 2.24) is 20.1 Å². The highest BCUT2D eigenvalue weighted by Crippen LogP contribution is 2.35. The molecule has 8 heteroatoms. The van der Waals surface area contributed by atoms with Crippen LogP contribution in [0, 0.1) is 0 Å². The molecule has 2 aromatic heterocycles. The first-order valence-corrected chi connectivity index (χ1v) is 13.6. The van der Waals surface area contributed by atoms with E-state index in [0.29, 0.717) is 12.5 Å². The summed E-state index contributed by atoms with van der Waals surface area (Å²) in [6.45, 7) is 2.51. The highest BCUT2D eigenvalue weighted by atomic mass is 16.5. The van der Waals surface area contributed by atoms with Gasteiger partial charge in [0.1, 0.15) is 28.5 Å². The van der Waals surface area contributed by atoms with Gasteiger partial charge in [0, 0.05) is 42.2 Å². The standard InChI is InChI=1S/C32H33N5O3/c1-38-27-13-10-22(29(19-27)39-2)21-35-32-31-28(16-18-34-32)30(23-7-6-17-33-20-23)36-37(31)24-11-14-26(15-12-24)40-25-8-4-3-5-9-25/h3-5,8-16,18-19,23,33H,6-7,17,20-21H2,1-2H3,(H,34,35). The van der Waals surface area contributed by atoms with E-state index in [0.717, 1.165) is 82.6 Å². The van der Waals surface area contributed by atoms with Gasteiger partial charge in [-0.2, -0.15) is 5.10 Å². The van der Waals surface area contributed by atoms with E-state index in [-0.39, 0.29) is 0 Å². The van der Waals surface area contributed by atoms with Gasteiger partial charge in [0.15, 0.2) is 5.82 Å². The van der Waals surface area contributed by atoms with Gasteiger partial charge < -0.3 is 24.8 Å². The number of hydrogen-bond acceptors (Lipinski definition) is 7. The normalized spacial score (nSPS) is 15.1. The van der Waals surface area contributed by atoms with Gasteiger partial charge in [-0.1, -0.05) is 18.2 Å². The molecule has 40 heavy (non-hydrogen) atoms. The van der Waals surface area contributed by atoms with E-state index >= 15 is 0 Å². The maximum absolute atomic E-state index is 6.02. The summed E-state index contributed by atoms with van der Waals surface area (Å²) in [6.07, 6.45) is 4.10. The Kier molecular flexibility index (Phi) is 7.50. The van der Waals surface area contributed by atoms with Crippen LogP contribution < -0.4 is 24.8 Å². The second-order valence-electron chi connectivity index (χ2n) is 9.84. The Labute approximate surface area is 233 Å². The SMILES string of the molecule is COc1ccc(CNc2nccc3c(C4CCCNC4)nn(-c4ccc(Oc5ccccc5)cc4)c23)c(OC)c1. The number of anilines is 1. The molecule has 1 fully saturated rings. The third kappa shape index (κ3) is 5.31. The summed E-state index contributed by atoms with van der Waals surface area (Å²) in [7, 11) is 3.32. The molecule has 204 valence electrons. The van der Waals surface area contributed by atoms with Crippen molar-refractivity contribution in [2.24, 2.45) is 0 Å². The summed E-state index contributed by atoms with van der Waals surface area (Å²) >= 11 is 0. The molecule has 0 saturated carbocycles. The summed E-state index contributed by atoms with van der Waals surface area (Å²) in [5.41, 5.74) is 4.00. The summed E-state index contributed by atoms with van der Waals surface area (Å²) in [5, 5.41) is 13.4. The highest BCUT2D eigenvalue weighted by molar-refractivity contribution is 5.92. The Bertz CT molecular complexity index is 1580. The van der Waals surface area contributed by atoms with Gasteiger partial charge in [-0.3, -0.25) is 0 Å². The van der Waals surface area contributed by atoms with Crippen LogP contribution in [0.5, 0.6) is 23.0 Å². The van der Waals surface area contributed by atoms with Gasteiger partial charge in [-0.25, -0.2) is 9.67 Å². The van der Waals surface area contributed by atoms with Crippen LogP contribution in [-0.2, 0) is 6.54 Å². The minimum atomic E-state index is 0.343. The molecular formula is C32H33N5O3. The number of rotatable bonds is 9. The van der Waals surface area contributed by atoms with Crippen LogP contribution in [0.1, 0.15) is 30.0 Å². The maximum atomic E-state index is 6.02. The largest absolute Gasteiger partial charge is 0.497 e. The molecule has 3 heterocycles. The van der Waals surface area contributed by atoms with Gasteiger partial charge in [0.05, 0.1) is 25.6 Å². The molecule has 1 aliphatic rings. The average molecular weight is 536 g/mol. The molecule has 1 aliphatic heterocycles. The Hall–Kier alpha value is -4.56. The monoisotopic (exact) mass is 535 g/mol. The Morgan fingerprint density at radius 2 is 1.73 bits per heavy atom. The number of methoxy groups -OCH3 is 2. The molecule has 0 bridgehead atoms. The molecule has 3 aromatic carbocycles. The van der Waals surface area contributed by atoms with E-state index in [1.54, 1.807) is 14.2 Å². The lowest BCUT2D eigenvalue weighted by Crippen LogP contribution is -2.28. The summed E-state index contributed by atoms with van der Waals surface area (Å²) in [6, 6.07) is 25.7. The Morgan fingerprint density at radius 3 is 2.48 bits per heavy atom. The number of piperidine rings is 1. The second kappa shape index (κ2) is 11.7. The number of nitrogens with zero attached hydrogens (tertiary/aromatic N) is 3. The third-order valence-corrected chi connectivity index (χ3v) is 7.30. The molecule has 2 N–H and O–H groups in total. The predicted molar refractivity (Wildman–Crippen MR) is 157 cm³/mol. The number of benzene rings is 3. The number of fused-ring (bicyclic) bond motifs is 1. The highest BCUT2D eigenvalue weighted by Gasteiger charge is 2.24. The fourth-order valence-electron chi connectivity index (χ4n) is 5.25. The van der Waals surface area contributed by atoms with Gasteiger partial charge >= 0.3 is 0 Å². The van der Waals surface area contributed by atoms with Gasteiger partial charge in [-0.05, 0) is 74.0 Å². The third-order valence-electron chi connectivity index (χ3n) is 7.30. The smallest absolute Gasteiger partial charge is 0.152 e. The molecule has 1 atom stereocenters. The fraction of sp³-hybridized carbons (Fsp3) is 0.250. The zero-order valence-corrected chi connectivity index (χ0v) is 22.8. The summed E-state index contributed by atoms with van der Waals surface area (Å²) in [4.78, 5) is 4.75. The molecule has 0 spiro atoms. The number of hydrogen-bond donors (Lipinski definition) is 2. The predicted octanol–water partition coefficient (Wildman–Crippen LogP) is 6.31. The van der Waals surface area contributed by atoms with Crippen LogP contribution in [0.15, 0.2) is 85.1 Å². The van der Waals surface area contributed by atoms with Crippen LogP contribution in [0.3, 0.4) is 0 Å². The maximum Gasteiger partial charge on any atom is 0.152 e. The number of aromatic nitrogens is 3. The molecule has 0 amide bonds. The zero-order valence-electron chi connectivity index (χ0n) is 22.8. The quantitative estimate of drug-likeness (QED) is 0.229. The molecule has 6 rings (SSSR count). The van der Waals surface area contributed by atoms with Crippen LogP contribution in [0.4, 0.5) is 5.82 Å². The van der Waals surface area contributed by atoms with E-state index in [2.05, 4.69) is 16.7 Å². The van der Waals surface area contributed by atoms with Crippen molar-refractivity contribution in [3.8, 4) is 28.7 Å². The molecular weight excluding hydrogens is 502 g/mol. The van der Waals surface area contributed by atoms with Crippen molar-refractivity contribution in [1.29, 1.82) is 0 Å². The lowest BCUT2D eigenvalue weighted by atomic mass is 9.94. The lowest BCUT2D eigenvalue weighted by molar-refractivity contribution is 0.391. The molecule has 5 aromatic rings. The van der Waals surface area contributed by atoms with Crippen molar-refractivity contribution in [3.05, 3.63) is 96.3 Å². The molecule has 0 radical (unpaired) electrons. The first-order chi connectivity index (χ1) is 19.7. The number of nitrogens with one attached hydrogen (secondary N) is 2. The topological polar surface area (TPSA) is 82.5 Å². The molecule has 8 nitrogen and oxygen atoms in total. The Balaban J connectivity index is 1.37. The minimum absolute atomic E-state index is 0.343. The second-order valence-corrected chi connectivity index (χ2v) is 9.84. The van der Waals surface area contributed by atoms with E-state index in [1.165, 1.54) is 0 Å². The van der Waals surface area contributed by atoms with Crippen molar-refractivity contribution in [2.45, 2.75) is 25.3 Å². The number of para-hydroxylation sites is 1. The van der Waals surface area contributed by atoms with Crippen molar-refractivity contribution < 1.29 is 14.2 Å².